The van der Waals surface area contributed by atoms with Gasteiger partial charge in [-0.2, -0.15) is 0 Å². The summed E-state index contributed by atoms with van der Waals surface area (Å²) in [5.74, 6) is 0. The van der Waals surface area contributed by atoms with E-state index in [4.69, 9.17) is 37.2 Å². The van der Waals surface area contributed by atoms with Crippen LogP contribution in [0.1, 0.15) is 13.8 Å². The zero-order valence-corrected chi connectivity index (χ0v) is 14.1. The number of hydrogen-bond donors (Lipinski definition) is 4. The molecule has 1 radical (unpaired) electrons. The summed E-state index contributed by atoms with van der Waals surface area (Å²) < 4.78 is 34.6. The van der Waals surface area contributed by atoms with Crippen molar-refractivity contribution in [3.8, 4) is 0 Å². The average Bonchev–Trinajstić information content (AvgIpc) is 2.02. The van der Waals surface area contributed by atoms with Gasteiger partial charge in [0.05, 0.1) is 0 Å². The van der Waals surface area contributed by atoms with Gasteiger partial charge in [0.1, 0.15) is 0 Å². The molecule has 0 aromatic rings. The monoisotopic (exact) mass is 495 g/mol. The van der Waals surface area contributed by atoms with Crippen LogP contribution in [0, 0.1) is 0 Å². The molecule has 10 nitrogen and oxygen atoms in total. The Morgan fingerprint density at radius 1 is 0.944 bits per heavy atom. The maximum absolute atomic E-state index is 8.65. The van der Waals surface area contributed by atoms with Gasteiger partial charge in [-0.15, -0.1) is 0 Å². The Kier molecular flexibility index (Phi) is 45.6. The molecule has 0 saturated carbocycles. The molecule has 12 N–H and O–H groups in total. The summed E-state index contributed by atoms with van der Waals surface area (Å²) >= 11 is -6.17. The van der Waals surface area contributed by atoms with Crippen molar-refractivity contribution in [3.05, 3.63) is 0 Å². The third kappa shape index (κ3) is 196. The first-order valence-corrected chi connectivity index (χ1v) is 8.91. The fraction of sp³-hybridized carbons (Fsp3) is 1.00. The van der Waals surface area contributed by atoms with Crippen LogP contribution in [0.5, 0.6) is 0 Å². The van der Waals surface area contributed by atoms with E-state index in [9.17, 15) is 0 Å². The SMILES string of the molecule is CC(N)CN.CC(N)CN.O.O.[Cu+2].[O]=[W](=[O])([O-])[O-]. The molecule has 2 unspecified atom stereocenters. The van der Waals surface area contributed by atoms with Gasteiger partial charge in [0.2, 0.25) is 0 Å². The van der Waals surface area contributed by atoms with Crippen LogP contribution >= 0.6 is 0 Å². The van der Waals surface area contributed by atoms with Crippen LogP contribution in [0.2, 0.25) is 0 Å². The summed E-state index contributed by atoms with van der Waals surface area (Å²) in [5, 5.41) is 0. The molecular weight excluding hydrogens is 471 g/mol. The summed E-state index contributed by atoms with van der Waals surface area (Å²) in [6.07, 6.45) is 0. The molecule has 12 heteroatoms. The Bertz CT molecular complexity index is 198. The van der Waals surface area contributed by atoms with Gasteiger partial charge in [-0.1, -0.05) is 0 Å². The number of hydrogen-bond acceptors (Lipinski definition) is 8. The summed E-state index contributed by atoms with van der Waals surface area (Å²) in [7, 11) is 0. The molecular formula is C6H24CuN4O6W. The Morgan fingerprint density at radius 3 is 1.00 bits per heavy atom. The van der Waals surface area contributed by atoms with Gasteiger partial charge in [-0.3, -0.25) is 0 Å². The van der Waals surface area contributed by atoms with Gasteiger partial charge in [-0.25, -0.2) is 0 Å². The molecule has 0 saturated heterocycles. The van der Waals surface area contributed by atoms with E-state index < -0.39 is 16.7 Å². The molecule has 0 aromatic heterocycles. The van der Waals surface area contributed by atoms with Crippen molar-refractivity contribution in [1.29, 1.82) is 0 Å². The quantitative estimate of drug-likeness (QED) is 0.268. The van der Waals surface area contributed by atoms with Crippen molar-refractivity contribution < 1.29 is 59.1 Å². The predicted molar refractivity (Wildman–Crippen MR) is 54.0 cm³/mol. The molecule has 0 bridgehead atoms. The average molecular weight is 496 g/mol. The van der Waals surface area contributed by atoms with Crippen molar-refractivity contribution >= 4 is 0 Å². The fourth-order valence-corrected chi connectivity index (χ4v) is 0. The van der Waals surface area contributed by atoms with Crippen LogP contribution < -0.4 is 30.5 Å². The molecule has 0 aliphatic heterocycles. The molecule has 0 aliphatic carbocycles. The zero-order chi connectivity index (χ0) is 13.1. The van der Waals surface area contributed by atoms with Gasteiger partial charge in [0, 0.05) is 25.2 Å². The Labute approximate surface area is 121 Å². The third-order valence-corrected chi connectivity index (χ3v) is 0.744. The molecule has 0 fully saturated rings. The Balaban J connectivity index is -0.0000000277. The minimum atomic E-state index is -6.17. The Hall–Kier alpha value is 0.488. The second kappa shape index (κ2) is 22.6. The molecule has 0 aromatic carbocycles. The van der Waals surface area contributed by atoms with Gasteiger partial charge < -0.3 is 33.9 Å². The first kappa shape index (κ1) is 36.3. The van der Waals surface area contributed by atoms with Crippen LogP contribution in [-0.4, -0.2) is 36.1 Å². The van der Waals surface area contributed by atoms with Crippen molar-refractivity contribution in [3.63, 3.8) is 0 Å². The van der Waals surface area contributed by atoms with Crippen LogP contribution in [0.4, 0.5) is 0 Å². The first-order valence-electron chi connectivity index (χ1n) is 4.12. The van der Waals surface area contributed by atoms with Gasteiger partial charge in [0.25, 0.3) is 0 Å². The van der Waals surface area contributed by atoms with Crippen LogP contribution in [0.15, 0.2) is 0 Å². The summed E-state index contributed by atoms with van der Waals surface area (Å²) in [6.45, 7) is 4.92. The van der Waals surface area contributed by atoms with E-state index in [1.54, 1.807) is 0 Å². The maximum atomic E-state index is 8.65. The fourth-order valence-electron chi connectivity index (χ4n) is 0. The van der Waals surface area contributed by atoms with Gasteiger partial charge >= 0.3 is 48.1 Å². The summed E-state index contributed by atoms with van der Waals surface area (Å²) in [4.78, 5) is 0. The number of nitrogens with two attached hydrogens (primary N) is 4. The topological polar surface area (TPSA) is 247 Å². The standard InChI is InChI=1S/2C3H10N2.Cu.2H2O.4O.W/c2*1-3(5)2-4;;;;;;;;/h2*3H,2,4-5H2,1H3;;2*1H2;;;;;/q;;+2;;;;;2*-1;. The molecule has 0 rings (SSSR count). The second-order valence-corrected chi connectivity index (χ2v) is 5.77. The van der Waals surface area contributed by atoms with E-state index >= 15 is 0 Å². The molecule has 18 heavy (non-hydrogen) atoms. The van der Waals surface area contributed by atoms with Gasteiger partial charge in [-0.05, 0) is 13.8 Å². The van der Waals surface area contributed by atoms with Crippen molar-refractivity contribution in [2.45, 2.75) is 25.9 Å². The first-order chi connectivity index (χ1) is 6.54. The van der Waals surface area contributed by atoms with Crippen LogP contribution in [0.3, 0.4) is 0 Å². The minimum absolute atomic E-state index is 0. The Morgan fingerprint density at radius 2 is 1.00 bits per heavy atom. The zero-order valence-electron chi connectivity index (χ0n) is 10.2. The van der Waals surface area contributed by atoms with E-state index in [1.807, 2.05) is 13.8 Å². The van der Waals surface area contributed by atoms with E-state index in [0.29, 0.717) is 13.1 Å². The van der Waals surface area contributed by atoms with Crippen molar-refractivity contribution in [2.75, 3.05) is 13.1 Å². The van der Waals surface area contributed by atoms with Crippen LogP contribution in [0.25, 0.3) is 0 Å². The third-order valence-electron chi connectivity index (χ3n) is 0.744. The van der Waals surface area contributed by atoms with E-state index in [2.05, 4.69) is 0 Å². The molecule has 0 heterocycles. The van der Waals surface area contributed by atoms with Gasteiger partial charge in [0.15, 0.2) is 0 Å². The number of rotatable bonds is 2. The second-order valence-electron chi connectivity index (χ2n) is 2.83. The van der Waals surface area contributed by atoms with Crippen LogP contribution in [-0.2, 0) is 40.6 Å². The van der Waals surface area contributed by atoms with E-state index in [0.717, 1.165) is 0 Å². The molecule has 0 amide bonds. The molecule has 2 atom stereocenters. The van der Waals surface area contributed by atoms with Crippen molar-refractivity contribution in [1.82, 2.24) is 0 Å². The normalized spacial score (nSPS) is 11.6. The summed E-state index contributed by atoms with van der Waals surface area (Å²) in [5.41, 5.74) is 20.4. The molecule has 0 spiro atoms. The van der Waals surface area contributed by atoms with Crippen molar-refractivity contribution in [2.24, 2.45) is 22.9 Å². The molecule has 0 aliphatic rings. The summed E-state index contributed by atoms with van der Waals surface area (Å²) in [6, 6.07) is 0.324. The van der Waals surface area contributed by atoms with E-state index in [-0.39, 0.29) is 40.1 Å². The molecule has 121 valence electrons. The predicted octanol–water partition coefficient (Wildman–Crippen LogP) is -5.69. The van der Waals surface area contributed by atoms with E-state index in [1.165, 1.54) is 0 Å².